The zero-order valence-corrected chi connectivity index (χ0v) is 14.2. The highest BCUT2D eigenvalue weighted by molar-refractivity contribution is 7.16. The second-order valence-electron chi connectivity index (χ2n) is 6.29. The van der Waals surface area contributed by atoms with E-state index in [2.05, 4.69) is 32.2 Å². The number of halogens is 2. The van der Waals surface area contributed by atoms with Crippen LogP contribution in [-0.2, 0) is 6.42 Å². The first-order valence-electron chi connectivity index (χ1n) is 7.08. The highest BCUT2D eigenvalue weighted by atomic mass is 35.5. The summed E-state index contributed by atoms with van der Waals surface area (Å²) in [4.78, 5) is 1.25. The number of hydrogen-bond acceptors (Lipinski definition) is 2. The molecule has 0 amide bonds. The van der Waals surface area contributed by atoms with Crippen molar-refractivity contribution in [2.45, 2.75) is 38.6 Å². The van der Waals surface area contributed by atoms with Gasteiger partial charge in [-0.1, -0.05) is 23.7 Å². The summed E-state index contributed by atoms with van der Waals surface area (Å²) < 4.78 is 13.9. The molecule has 1 heterocycles. The van der Waals surface area contributed by atoms with Crippen LogP contribution in [0.1, 0.15) is 37.1 Å². The van der Waals surface area contributed by atoms with Gasteiger partial charge in [-0.3, -0.25) is 0 Å². The van der Waals surface area contributed by atoms with E-state index in [1.807, 2.05) is 18.2 Å². The van der Waals surface area contributed by atoms with Gasteiger partial charge < -0.3 is 5.32 Å². The monoisotopic (exact) mass is 325 g/mol. The van der Waals surface area contributed by atoms with Crippen LogP contribution in [0.4, 0.5) is 4.39 Å². The second-order valence-corrected chi connectivity index (χ2v) is 8.09. The molecule has 0 aliphatic heterocycles. The fraction of sp³-hybridized carbons (Fsp3) is 0.412. The smallest absolute Gasteiger partial charge is 0.123 e. The Hall–Kier alpha value is -0.900. The summed E-state index contributed by atoms with van der Waals surface area (Å²) in [5.41, 5.74) is 1.21. The van der Waals surface area contributed by atoms with Crippen molar-refractivity contribution in [3.8, 4) is 0 Å². The highest BCUT2D eigenvalue weighted by Gasteiger charge is 2.17. The van der Waals surface area contributed by atoms with Crippen LogP contribution in [0.3, 0.4) is 0 Å². The van der Waals surface area contributed by atoms with Crippen LogP contribution >= 0.6 is 22.9 Å². The molecule has 1 aromatic carbocycles. The van der Waals surface area contributed by atoms with Gasteiger partial charge in [-0.25, -0.2) is 4.39 Å². The lowest BCUT2D eigenvalue weighted by molar-refractivity contribution is 0.405. The Bertz CT molecular complexity index is 571. The molecule has 1 aromatic heterocycles. The lowest BCUT2D eigenvalue weighted by Gasteiger charge is -2.25. The van der Waals surface area contributed by atoms with Crippen LogP contribution < -0.4 is 5.32 Å². The summed E-state index contributed by atoms with van der Waals surface area (Å²) >= 11 is 7.62. The minimum atomic E-state index is -0.194. The zero-order chi connectivity index (χ0) is 15.5. The van der Waals surface area contributed by atoms with Crippen molar-refractivity contribution in [3.05, 3.63) is 57.0 Å². The Morgan fingerprint density at radius 1 is 1.14 bits per heavy atom. The third-order valence-electron chi connectivity index (χ3n) is 3.30. The van der Waals surface area contributed by atoms with Crippen LogP contribution in [0.2, 0.25) is 4.34 Å². The molecule has 0 saturated carbocycles. The third kappa shape index (κ3) is 5.42. The van der Waals surface area contributed by atoms with Gasteiger partial charge in [-0.2, -0.15) is 0 Å². The number of hydrogen-bond donors (Lipinski definition) is 1. The topological polar surface area (TPSA) is 12.0 Å². The normalized spacial score (nSPS) is 13.4. The molecule has 0 saturated heterocycles. The molecule has 1 unspecified atom stereocenters. The second kappa shape index (κ2) is 6.91. The molecular weight excluding hydrogens is 305 g/mol. The Labute approximate surface area is 135 Å². The highest BCUT2D eigenvalue weighted by Crippen LogP contribution is 2.28. The predicted molar refractivity (Wildman–Crippen MR) is 89.9 cm³/mol. The Kier molecular flexibility index (Phi) is 5.42. The molecule has 2 aromatic rings. The summed E-state index contributed by atoms with van der Waals surface area (Å²) in [6.45, 7) is 7.30. The van der Waals surface area contributed by atoms with Crippen molar-refractivity contribution in [1.82, 2.24) is 5.32 Å². The van der Waals surface area contributed by atoms with E-state index in [0.29, 0.717) is 5.92 Å². The van der Waals surface area contributed by atoms with E-state index in [4.69, 9.17) is 11.6 Å². The minimum absolute atomic E-state index is 0.0609. The van der Waals surface area contributed by atoms with Gasteiger partial charge in [0.1, 0.15) is 5.82 Å². The summed E-state index contributed by atoms with van der Waals surface area (Å²) in [7, 11) is 0. The molecule has 1 N–H and O–H groups in total. The van der Waals surface area contributed by atoms with Crippen LogP contribution in [0, 0.1) is 5.82 Å². The molecule has 4 heteroatoms. The average Bonchev–Trinajstić information content (AvgIpc) is 2.80. The van der Waals surface area contributed by atoms with Crippen LogP contribution in [-0.4, -0.2) is 12.1 Å². The third-order valence-corrected chi connectivity index (χ3v) is 4.55. The maximum absolute atomic E-state index is 13.1. The molecule has 0 radical (unpaired) electrons. The molecule has 0 bridgehead atoms. The molecule has 114 valence electrons. The van der Waals surface area contributed by atoms with E-state index in [0.717, 1.165) is 22.9 Å². The Morgan fingerprint density at radius 2 is 1.81 bits per heavy atom. The number of benzene rings is 1. The molecule has 2 rings (SSSR count). The maximum atomic E-state index is 13.1. The van der Waals surface area contributed by atoms with Gasteiger partial charge in [0.25, 0.3) is 0 Å². The van der Waals surface area contributed by atoms with Gasteiger partial charge in [0, 0.05) is 22.9 Å². The van der Waals surface area contributed by atoms with Crippen molar-refractivity contribution in [2.24, 2.45) is 0 Å². The van der Waals surface area contributed by atoms with Crippen LogP contribution in [0.15, 0.2) is 36.4 Å². The zero-order valence-electron chi connectivity index (χ0n) is 12.6. The van der Waals surface area contributed by atoms with E-state index in [1.165, 1.54) is 17.0 Å². The van der Waals surface area contributed by atoms with Gasteiger partial charge >= 0.3 is 0 Å². The molecule has 0 aliphatic carbocycles. The van der Waals surface area contributed by atoms with E-state index < -0.39 is 0 Å². The first-order valence-corrected chi connectivity index (χ1v) is 8.28. The molecule has 1 atom stereocenters. The van der Waals surface area contributed by atoms with Gasteiger partial charge in [0.15, 0.2) is 0 Å². The minimum Gasteiger partial charge on any atom is -0.311 e. The van der Waals surface area contributed by atoms with Crippen LogP contribution in [0.5, 0.6) is 0 Å². The number of rotatable bonds is 5. The molecule has 1 nitrogen and oxygen atoms in total. The molecule has 0 aliphatic rings. The summed E-state index contributed by atoms with van der Waals surface area (Å²) in [6.07, 6.45) is 0.909. The summed E-state index contributed by atoms with van der Waals surface area (Å²) in [6, 6.07) is 10.8. The summed E-state index contributed by atoms with van der Waals surface area (Å²) in [5.74, 6) is 0.111. The van der Waals surface area contributed by atoms with Crippen molar-refractivity contribution in [3.63, 3.8) is 0 Å². The van der Waals surface area contributed by atoms with Gasteiger partial charge in [-0.15, -0.1) is 11.3 Å². The van der Waals surface area contributed by atoms with Gasteiger partial charge in [0.2, 0.25) is 0 Å². The summed E-state index contributed by atoms with van der Waals surface area (Å²) in [5, 5.41) is 3.54. The number of nitrogens with one attached hydrogen (secondary N) is 1. The first-order chi connectivity index (χ1) is 9.83. The molecular formula is C17H21ClFNS. The predicted octanol–water partition coefficient (Wildman–Crippen LogP) is 5.26. The lowest BCUT2D eigenvalue weighted by Crippen LogP contribution is -2.39. The number of thiophene rings is 1. The van der Waals surface area contributed by atoms with E-state index in [9.17, 15) is 4.39 Å². The van der Waals surface area contributed by atoms with E-state index in [-0.39, 0.29) is 11.4 Å². The molecule has 0 spiro atoms. The lowest BCUT2D eigenvalue weighted by atomic mass is 9.93. The fourth-order valence-corrected chi connectivity index (χ4v) is 3.34. The van der Waals surface area contributed by atoms with Crippen LogP contribution in [0.25, 0.3) is 0 Å². The van der Waals surface area contributed by atoms with E-state index in [1.54, 1.807) is 11.3 Å². The van der Waals surface area contributed by atoms with E-state index >= 15 is 0 Å². The maximum Gasteiger partial charge on any atom is 0.123 e. The standard InChI is InChI=1S/C17H21ClFNS/c1-17(2,3)20-11-13(10-15-8-9-16(18)21-15)12-4-6-14(19)7-5-12/h4-9,13,20H,10-11H2,1-3H3. The van der Waals surface area contributed by atoms with Gasteiger partial charge in [0.05, 0.1) is 4.34 Å². The van der Waals surface area contributed by atoms with Crippen molar-refractivity contribution in [2.75, 3.05) is 6.54 Å². The SMILES string of the molecule is CC(C)(C)NCC(Cc1ccc(Cl)s1)c1ccc(F)cc1. The first kappa shape index (κ1) is 16.5. The molecule has 21 heavy (non-hydrogen) atoms. The fourth-order valence-electron chi connectivity index (χ4n) is 2.18. The molecule has 0 fully saturated rings. The van der Waals surface area contributed by atoms with Crippen molar-refractivity contribution in [1.29, 1.82) is 0 Å². The quantitative estimate of drug-likeness (QED) is 0.791. The largest absolute Gasteiger partial charge is 0.311 e. The van der Waals surface area contributed by atoms with Crippen molar-refractivity contribution >= 4 is 22.9 Å². The van der Waals surface area contributed by atoms with Crippen molar-refractivity contribution < 1.29 is 4.39 Å². The average molecular weight is 326 g/mol. The Balaban J connectivity index is 2.15. The Morgan fingerprint density at radius 3 is 2.33 bits per heavy atom. The van der Waals surface area contributed by atoms with Gasteiger partial charge in [-0.05, 0) is 57.0 Å².